The number of rotatable bonds is 2. The second-order valence-corrected chi connectivity index (χ2v) is 8.13. The minimum Gasteiger partial charge on any atom is -0.393 e. The van der Waals surface area contributed by atoms with E-state index in [-0.39, 0.29) is 17.6 Å². The van der Waals surface area contributed by atoms with Crippen molar-refractivity contribution in [2.45, 2.75) is 83.8 Å². The number of hydrogen-bond donors (Lipinski definition) is 2. The van der Waals surface area contributed by atoms with Crippen molar-refractivity contribution in [1.29, 1.82) is 0 Å². The molecular formula is C18H32O2. The quantitative estimate of drug-likeness (QED) is 0.808. The summed E-state index contributed by atoms with van der Waals surface area (Å²) in [6.07, 6.45) is 10.5. The summed E-state index contributed by atoms with van der Waals surface area (Å²) in [6, 6.07) is 0. The van der Waals surface area contributed by atoms with Crippen LogP contribution in [0.3, 0.4) is 0 Å². The smallest absolute Gasteiger partial charge is 0.0596 e. The monoisotopic (exact) mass is 280 g/mol. The zero-order chi connectivity index (χ0) is 14.3. The van der Waals surface area contributed by atoms with Crippen LogP contribution in [-0.2, 0) is 0 Å². The van der Waals surface area contributed by atoms with Gasteiger partial charge in [0, 0.05) is 0 Å². The van der Waals surface area contributed by atoms with Crippen LogP contribution in [0.1, 0.15) is 71.6 Å². The summed E-state index contributed by atoms with van der Waals surface area (Å²) >= 11 is 0. The highest BCUT2D eigenvalue weighted by atomic mass is 16.3. The van der Waals surface area contributed by atoms with Gasteiger partial charge in [-0.15, -0.1) is 0 Å². The topological polar surface area (TPSA) is 40.5 Å². The van der Waals surface area contributed by atoms with E-state index in [1.165, 1.54) is 38.5 Å². The van der Waals surface area contributed by atoms with Crippen molar-refractivity contribution in [2.75, 3.05) is 0 Å². The molecule has 3 saturated carbocycles. The van der Waals surface area contributed by atoms with Gasteiger partial charge in [0.15, 0.2) is 0 Å². The Morgan fingerprint density at radius 2 is 1.80 bits per heavy atom. The van der Waals surface area contributed by atoms with E-state index in [0.717, 1.165) is 42.9 Å². The number of aliphatic hydroxyl groups is 2. The summed E-state index contributed by atoms with van der Waals surface area (Å²) in [4.78, 5) is 0. The largest absolute Gasteiger partial charge is 0.393 e. The first-order chi connectivity index (χ1) is 9.54. The zero-order valence-electron chi connectivity index (χ0n) is 13.2. The molecule has 0 aromatic carbocycles. The first kappa shape index (κ1) is 14.8. The first-order valence-electron chi connectivity index (χ1n) is 8.90. The lowest BCUT2D eigenvalue weighted by atomic mass is 9.59. The minimum atomic E-state index is -0.0522. The van der Waals surface area contributed by atoms with E-state index < -0.39 is 0 Å². The zero-order valence-corrected chi connectivity index (χ0v) is 13.2. The van der Waals surface area contributed by atoms with Crippen molar-refractivity contribution in [1.82, 2.24) is 0 Å². The van der Waals surface area contributed by atoms with Crippen LogP contribution in [-0.4, -0.2) is 22.4 Å². The lowest BCUT2D eigenvalue weighted by Gasteiger charge is -2.47. The molecule has 3 aliphatic carbocycles. The van der Waals surface area contributed by atoms with Crippen LogP contribution >= 0.6 is 0 Å². The Balaban J connectivity index is 1.67. The summed E-state index contributed by atoms with van der Waals surface area (Å²) in [5, 5.41) is 20.2. The summed E-state index contributed by atoms with van der Waals surface area (Å²) in [5.41, 5.74) is 0.215. The van der Waals surface area contributed by atoms with Crippen molar-refractivity contribution in [2.24, 2.45) is 29.1 Å². The maximum Gasteiger partial charge on any atom is 0.0596 e. The van der Waals surface area contributed by atoms with E-state index in [2.05, 4.69) is 13.8 Å². The van der Waals surface area contributed by atoms with Crippen molar-refractivity contribution >= 4 is 0 Å². The predicted molar refractivity (Wildman–Crippen MR) is 81.3 cm³/mol. The van der Waals surface area contributed by atoms with E-state index in [9.17, 15) is 10.2 Å². The summed E-state index contributed by atoms with van der Waals surface area (Å²) in [5.74, 6) is 3.18. The molecule has 2 N–H and O–H groups in total. The Morgan fingerprint density at radius 3 is 2.55 bits per heavy atom. The normalized spacial score (nSPS) is 52.8. The van der Waals surface area contributed by atoms with Crippen LogP contribution in [0.2, 0.25) is 0 Å². The Hall–Kier alpha value is -0.0800. The van der Waals surface area contributed by atoms with Gasteiger partial charge in [0.2, 0.25) is 0 Å². The third kappa shape index (κ3) is 2.43. The molecule has 0 aliphatic heterocycles. The second kappa shape index (κ2) is 5.61. The molecule has 0 saturated heterocycles. The van der Waals surface area contributed by atoms with Gasteiger partial charge in [-0.3, -0.25) is 0 Å². The molecule has 116 valence electrons. The van der Waals surface area contributed by atoms with Gasteiger partial charge in [-0.25, -0.2) is 0 Å². The first-order valence-corrected chi connectivity index (χ1v) is 8.90. The van der Waals surface area contributed by atoms with Crippen LogP contribution < -0.4 is 0 Å². The molecule has 0 spiro atoms. The lowest BCUT2D eigenvalue weighted by Crippen LogP contribution is -2.41. The fraction of sp³-hybridized carbons (Fsp3) is 1.00. The van der Waals surface area contributed by atoms with Crippen LogP contribution in [0.25, 0.3) is 0 Å². The molecule has 0 aromatic heterocycles. The Bertz CT molecular complexity index is 342. The van der Waals surface area contributed by atoms with E-state index >= 15 is 0 Å². The summed E-state index contributed by atoms with van der Waals surface area (Å²) in [7, 11) is 0. The standard InChI is InChI=1S/C18H32O2/c1-3-12-11-15(19)5-6-16(12)13-8-9-18(2)14(10-13)4-7-17(18)20/h12-17,19-20H,3-11H2,1-2H3. The van der Waals surface area contributed by atoms with Gasteiger partial charge in [-0.2, -0.15) is 0 Å². The average molecular weight is 280 g/mol. The molecule has 20 heavy (non-hydrogen) atoms. The SMILES string of the molecule is CCC1CC(O)CCC1C1CCC2(C)C(O)CCC2C1. The Kier molecular flexibility index (Phi) is 4.16. The number of hydrogen-bond acceptors (Lipinski definition) is 2. The predicted octanol–water partition coefficient (Wildman–Crippen LogP) is 3.75. The van der Waals surface area contributed by atoms with Crippen molar-refractivity contribution in [3.63, 3.8) is 0 Å². The Labute approximate surface area is 124 Å². The highest BCUT2D eigenvalue weighted by Crippen LogP contribution is 2.56. The van der Waals surface area contributed by atoms with Crippen LogP contribution in [0.15, 0.2) is 0 Å². The number of aliphatic hydroxyl groups excluding tert-OH is 2. The number of fused-ring (bicyclic) bond motifs is 1. The van der Waals surface area contributed by atoms with Crippen molar-refractivity contribution in [3.05, 3.63) is 0 Å². The molecule has 0 heterocycles. The fourth-order valence-corrected chi connectivity index (χ4v) is 5.77. The molecule has 3 rings (SSSR count). The average Bonchev–Trinajstić information content (AvgIpc) is 2.74. The van der Waals surface area contributed by atoms with Crippen LogP contribution in [0.5, 0.6) is 0 Å². The maximum absolute atomic E-state index is 10.3. The molecule has 7 atom stereocenters. The van der Waals surface area contributed by atoms with Gasteiger partial charge in [0.25, 0.3) is 0 Å². The van der Waals surface area contributed by atoms with E-state index in [4.69, 9.17) is 0 Å². The van der Waals surface area contributed by atoms with Gasteiger partial charge in [-0.05, 0) is 80.5 Å². The third-order valence-electron chi connectivity index (χ3n) is 7.27. The molecule has 0 amide bonds. The fourth-order valence-electron chi connectivity index (χ4n) is 5.77. The molecule has 2 heteroatoms. The van der Waals surface area contributed by atoms with Gasteiger partial charge in [-0.1, -0.05) is 20.3 Å². The minimum absolute atomic E-state index is 0.0432. The highest BCUT2D eigenvalue weighted by molar-refractivity contribution is 5.00. The highest BCUT2D eigenvalue weighted by Gasteiger charge is 2.50. The van der Waals surface area contributed by atoms with Gasteiger partial charge in [0.05, 0.1) is 12.2 Å². The molecule has 3 fully saturated rings. The second-order valence-electron chi connectivity index (χ2n) is 8.13. The van der Waals surface area contributed by atoms with Gasteiger partial charge < -0.3 is 10.2 Å². The van der Waals surface area contributed by atoms with Crippen LogP contribution in [0.4, 0.5) is 0 Å². The van der Waals surface area contributed by atoms with Crippen LogP contribution in [0, 0.1) is 29.1 Å². The lowest BCUT2D eigenvalue weighted by molar-refractivity contribution is -0.0299. The van der Waals surface area contributed by atoms with Crippen molar-refractivity contribution < 1.29 is 10.2 Å². The molecule has 2 nitrogen and oxygen atoms in total. The van der Waals surface area contributed by atoms with E-state index in [0.29, 0.717) is 0 Å². The maximum atomic E-state index is 10.3. The van der Waals surface area contributed by atoms with Gasteiger partial charge in [0.1, 0.15) is 0 Å². The molecule has 0 bridgehead atoms. The summed E-state index contributed by atoms with van der Waals surface area (Å²) < 4.78 is 0. The van der Waals surface area contributed by atoms with Crippen molar-refractivity contribution in [3.8, 4) is 0 Å². The third-order valence-corrected chi connectivity index (χ3v) is 7.27. The molecule has 0 aromatic rings. The molecule has 7 unspecified atom stereocenters. The molecule has 0 radical (unpaired) electrons. The summed E-state index contributed by atoms with van der Waals surface area (Å²) in [6.45, 7) is 4.62. The Morgan fingerprint density at radius 1 is 1.00 bits per heavy atom. The van der Waals surface area contributed by atoms with E-state index in [1.54, 1.807) is 0 Å². The molecule has 3 aliphatic rings. The molecular weight excluding hydrogens is 248 g/mol. The van der Waals surface area contributed by atoms with Gasteiger partial charge >= 0.3 is 0 Å². The van der Waals surface area contributed by atoms with E-state index in [1.807, 2.05) is 0 Å².